The first-order valence-electron chi connectivity index (χ1n) is 11.7. The average Bonchev–Trinajstić information content (AvgIpc) is 3.28. The highest BCUT2D eigenvalue weighted by atomic mass is 32.1. The molecule has 5 aromatic rings. The van der Waals surface area contributed by atoms with E-state index in [2.05, 4.69) is 26.3 Å². The van der Waals surface area contributed by atoms with Crippen LogP contribution < -0.4 is 5.32 Å². The van der Waals surface area contributed by atoms with Gasteiger partial charge in [-0.05, 0) is 53.6 Å². The first-order valence-corrected chi connectivity index (χ1v) is 12.6. The smallest absolute Gasteiger partial charge is 0.131 e. The molecule has 0 saturated carbocycles. The molecule has 0 radical (unpaired) electrons. The minimum Gasteiger partial charge on any atom is -0.380 e. The first kappa shape index (κ1) is 20.9. The monoisotopic (exact) mass is 482 g/mol. The van der Waals surface area contributed by atoms with Gasteiger partial charge in [-0.3, -0.25) is 9.88 Å². The molecular formula is C28H23FN4OS. The van der Waals surface area contributed by atoms with Crippen molar-refractivity contribution < 1.29 is 9.13 Å². The van der Waals surface area contributed by atoms with Gasteiger partial charge in [0.05, 0.1) is 34.5 Å². The molecule has 2 fully saturated rings. The van der Waals surface area contributed by atoms with Crippen LogP contribution >= 0.6 is 11.3 Å². The fourth-order valence-corrected chi connectivity index (χ4v) is 5.91. The molecule has 5 nitrogen and oxygen atoms in total. The van der Waals surface area contributed by atoms with Gasteiger partial charge in [0.2, 0.25) is 0 Å². The zero-order chi connectivity index (χ0) is 23.4. The van der Waals surface area contributed by atoms with Gasteiger partial charge in [-0.15, -0.1) is 11.3 Å². The van der Waals surface area contributed by atoms with Gasteiger partial charge in [0.15, 0.2) is 0 Å². The zero-order valence-electron chi connectivity index (χ0n) is 19.0. The van der Waals surface area contributed by atoms with Crippen molar-refractivity contribution in [1.29, 1.82) is 0 Å². The molecule has 0 aliphatic carbocycles. The van der Waals surface area contributed by atoms with Gasteiger partial charge in [-0.1, -0.05) is 18.2 Å². The van der Waals surface area contributed by atoms with Crippen molar-refractivity contribution in [3.63, 3.8) is 0 Å². The van der Waals surface area contributed by atoms with E-state index in [0.29, 0.717) is 11.0 Å². The predicted octanol–water partition coefficient (Wildman–Crippen LogP) is 6.23. The maximum Gasteiger partial charge on any atom is 0.131 e. The summed E-state index contributed by atoms with van der Waals surface area (Å²) in [5, 5.41) is 4.44. The molecule has 0 atom stereocenters. The van der Waals surface area contributed by atoms with Gasteiger partial charge in [0, 0.05) is 53.6 Å². The Balaban J connectivity index is 1.16. The third-order valence-corrected chi connectivity index (χ3v) is 7.85. The fourth-order valence-electron chi connectivity index (χ4n) is 5.25. The molecule has 0 unspecified atom stereocenters. The normalized spacial score (nSPS) is 16.9. The van der Waals surface area contributed by atoms with Crippen LogP contribution in [0.2, 0.25) is 0 Å². The maximum atomic E-state index is 15.2. The second-order valence-corrected chi connectivity index (χ2v) is 10.6. The summed E-state index contributed by atoms with van der Waals surface area (Å²) in [6.07, 6.45) is 1.79. The van der Waals surface area contributed by atoms with Crippen molar-refractivity contribution in [2.75, 3.05) is 31.6 Å². The number of anilines is 2. The number of pyridine rings is 1. The summed E-state index contributed by atoms with van der Waals surface area (Å²) in [6.45, 7) is 4.59. The minimum absolute atomic E-state index is 0.198. The molecule has 0 bridgehead atoms. The van der Waals surface area contributed by atoms with Crippen LogP contribution in [0.4, 0.5) is 15.8 Å². The molecule has 0 amide bonds. The summed E-state index contributed by atoms with van der Waals surface area (Å²) in [7, 11) is 0. The summed E-state index contributed by atoms with van der Waals surface area (Å²) in [6, 6.07) is 19.6. The summed E-state index contributed by atoms with van der Waals surface area (Å²) in [4.78, 5) is 11.3. The van der Waals surface area contributed by atoms with E-state index in [1.165, 1.54) is 0 Å². The van der Waals surface area contributed by atoms with E-state index in [-0.39, 0.29) is 5.82 Å². The van der Waals surface area contributed by atoms with Gasteiger partial charge in [-0.2, -0.15) is 0 Å². The number of nitrogens with one attached hydrogen (secondary N) is 1. The van der Waals surface area contributed by atoms with Crippen LogP contribution in [0.5, 0.6) is 0 Å². The Hall–Kier alpha value is -3.39. The van der Waals surface area contributed by atoms with E-state index in [9.17, 15) is 0 Å². The number of hydrogen-bond acceptors (Lipinski definition) is 6. The number of aromatic nitrogens is 2. The molecule has 2 aliphatic heterocycles. The van der Waals surface area contributed by atoms with Crippen LogP contribution in [0.1, 0.15) is 5.56 Å². The van der Waals surface area contributed by atoms with E-state index in [4.69, 9.17) is 4.74 Å². The molecule has 7 heteroatoms. The lowest BCUT2D eigenvalue weighted by Gasteiger charge is -2.55. The lowest BCUT2D eigenvalue weighted by atomic mass is 9.78. The summed E-state index contributed by atoms with van der Waals surface area (Å²) >= 11 is 1.63. The largest absolute Gasteiger partial charge is 0.380 e. The van der Waals surface area contributed by atoms with E-state index in [0.717, 1.165) is 76.5 Å². The molecule has 3 aromatic carbocycles. The Bertz CT molecular complexity index is 1570. The van der Waals surface area contributed by atoms with Crippen molar-refractivity contribution in [1.82, 2.24) is 14.9 Å². The molecular weight excluding hydrogens is 459 g/mol. The number of benzene rings is 3. The van der Waals surface area contributed by atoms with Crippen LogP contribution in [0.15, 0.2) is 72.4 Å². The van der Waals surface area contributed by atoms with Crippen LogP contribution in [0.3, 0.4) is 0 Å². The number of rotatable bonds is 5. The fraction of sp³-hybridized carbons (Fsp3) is 0.214. The third-order valence-electron chi connectivity index (χ3n) is 7.04. The Morgan fingerprint density at radius 3 is 2.71 bits per heavy atom. The molecule has 1 spiro atoms. The molecule has 35 heavy (non-hydrogen) atoms. The van der Waals surface area contributed by atoms with E-state index in [1.54, 1.807) is 23.6 Å². The number of thiazole rings is 1. The molecule has 1 N–H and O–H groups in total. The number of fused-ring (bicyclic) bond motifs is 2. The predicted molar refractivity (Wildman–Crippen MR) is 139 cm³/mol. The number of hydrogen-bond donors (Lipinski definition) is 1. The van der Waals surface area contributed by atoms with Crippen molar-refractivity contribution in [3.05, 3.63) is 83.8 Å². The Morgan fingerprint density at radius 1 is 0.971 bits per heavy atom. The molecule has 2 saturated heterocycles. The SMILES string of the molecule is Fc1cc(CN2CC3(COC3)C2)ccc1-c1ccc2nccc(Nc3ccc4scnc4c3)c2c1. The average molecular weight is 483 g/mol. The van der Waals surface area contributed by atoms with E-state index in [1.807, 2.05) is 54.0 Å². The van der Waals surface area contributed by atoms with Crippen molar-refractivity contribution in [2.45, 2.75) is 6.54 Å². The van der Waals surface area contributed by atoms with Crippen molar-refractivity contribution in [2.24, 2.45) is 5.41 Å². The second kappa shape index (κ2) is 8.09. The van der Waals surface area contributed by atoms with Crippen molar-refractivity contribution in [3.8, 4) is 11.1 Å². The molecule has 2 aliphatic rings. The highest BCUT2D eigenvalue weighted by Gasteiger charge is 2.48. The number of nitrogens with zero attached hydrogens (tertiary/aromatic N) is 3. The second-order valence-electron chi connectivity index (χ2n) is 9.70. The number of ether oxygens (including phenoxy) is 1. The standard InChI is InChI=1S/C28H23FN4OS/c29-23-9-18(12-33-13-28(14-33)15-34-16-28)1-4-21(23)19-2-5-24-22(10-19)25(7-8-30-24)32-20-3-6-27-26(11-20)31-17-35-27/h1-11,17H,12-16H2,(H,30,32). The molecule has 7 rings (SSSR count). The van der Waals surface area contributed by atoms with Crippen LogP contribution in [0.25, 0.3) is 32.2 Å². The Morgan fingerprint density at radius 2 is 1.89 bits per heavy atom. The summed E-state index contributed by atoms with van der Waals surface area (Å²) in [5.41, 5.74) is 8.37. The minimum atomic E-state index is -0.198. The van der Waals surface area contributed by atoms with Crippen LogP contribution in [-0.4, -0.2) is 41.2 Å². The Kier molecular flexibility index (Phi) is 4.84. The van der Waals surface area contributed by atoms with Crippen LogP contribution in [0, 0.1) is 11.2 Å². The van der Waals surface area contributed by atoms with Crippen LogP contribution in [-0.2, 0) is 11.3 Å². The van der Waals surface area contributed by atoms with E-state index >= 15 is 4.39 Å². The highest BCUT2D eigenvalue weighted by Crippen LogP contribution is 2.38. The van der Waals surface area contributed by atoms with Crippen molar-refractivity contribution >= 4 is 43.8 Å². The Labute approximate surface area is 206 Å². The summed E-state index contributed by atoms with van der Waals surface area (Å²) < 4.78 is 21.7. The van der Waals surface area contributed by atoms with Gasteiger partial charge < -0.3 is 10.1 Å². The topological polar surface area (TPSA) is 50.3 Å². The van der Waals surface area contributed by atoms with Gasteiger partial charge in [0.25, 0.3) is 0 Å². The maximum absolute atomic E-state index is 15.2. The molecule has 174 valence electrons. The van der Waals surface area contributed by atoms with Gasteiger partial charge >= 0.3 is 0 Å². The quantitative estimate of drug-likeness (QED) is 0.322. The molecule has 2 aromatic heterocycles. The van der Waals surface area contributed by atoms with Gasteiger partial charge in [0.1, 0.15) is 5.82 Å². The molecule has 4 heterocycles. The number of halogens is 1. The third kappa shape index (κ3) is 3.76. The van der Waals surface area contributed by atoms with E-state index < -0.39 is 0 Å². The highest BCUT2D eigenvalue weighted by molar-refractivity contribution is 7.16. The number of likely N-dealkylation sites (tertiary alicyclic amines) is 1. The van der Waals surface area contributed by atoms with Gasteiger partial charge in [-0.25, -0.2) is 9.37 Å². The zero-order valence-corrected chi connectivity index (χ0v) is 19.8. The lowest BCUT2D eigenvalue weighted by Crippen LogP contribution is -2.65. The first-order chi connectivity index (χ1) is 17.1. The summed E-state index contributed by atoms with van der Waals surface area (Å²) in [5.74, 6) is -0.198. The lowest BCUT2D eigenvalue weighted by molar-refractivity contribution is -0.191.